The van der Waals surface area contributed by atoms with Gasteiger partial charge in [-0.25, -0.2) is 4.79 Å². The van der Waals surface area contributed by atoms with Crippen molar-refractivity contribution in [2.24, 2.45) is 0 Å². The van der Waals surface area contributed by atoms with Crippen LogP contribution in [0.25, 0.3) is 0 Å². The van der Waals surface area contributed by atoms with Gasteiger partial charge in [-0.2, -0.15) is 0 Å². The van der Waals surface area contributed by atoms with Gasteiger partial charge in [0.05, 0.1) is 26.0 Å². The molecule has 0 saturated heterocycles. The number of furan rings is 1. The third-order valence-corrected chi connectivity index (χ3v) is 2.47. The Morgan fingerprint density at radius 3 is 3.00 bits per heavy atom. The van der Waals surface area contributed by atoms with Crippen molar-refractivity contribution >= 4 is 6.09 Å². The Balaban J connectivity index is 2.99. The fourth-order valence-corrected chi connectivity index (χ4v) is 1.62. The minimum atomic E-state index is -0.430. The summed E-state index contributed by atoms with van der Waals surface area (Å²) >= 11 is 0. The summed E-state index contributed by atoms with van der Waals surface area (Å²) in [5, 5.41) is 0. The van der Waals surface area contributed by atoms with Crippen molar-refractivity contribution in [1.82, 2.24) is 4.90 Å². The molecule has 96 valence electrons. The Hall–Kier alpha value is -2.15. The number of carbonyl (C=O) groups is 1. The fourth-order valence-electron chi connectivity index (χ4n) is 1.62. The molecule has 1 rings (SSSR count). The van der Waals surface area contributed by atoms with Gasteiger partial charge in [0.25, 0.3) is 0 Å². The maximum absolute atomic E-state index is 11.8. The van der Waals surface area contributed by atoms with Gasteiger partial charge in [-0.15, -0.1) is 12.5 Å². The predicted molar refractivity (Wildman–Crippen MR) is 68.8 cm³/mol. The summed E-state index contributed by atoms with van der Waals surface area (Å²) in [6, 6.07) is 3.36. The van der Waals surface area contributed by atoms with Crippen LogP contribution in [0.2, 0.25) is 0 Å². The van der Waals surface area contributed by atoms with Crippen molar-refractivity contribution in [3.63, 3.8) is 0 Å². The van der Waals surface area contributed by atoms with Gasteiger partial charge >= 0.3 is 6.09 Å². The van der Waals surface area contributed by atoms with E-state index in [1.54, 1.807) is 25.3 Å². The lowest BCUT2D eigenvalue weighted by Gasteiger charge is -2.26. The number of ether oxygens (including phenoxy) is 1. The lowest BCUT2D eigenvalue weighted by molar-refractivity contribution is 0.106. The van der Waals surface area contributed by atoms with Gasteiger partial charge in [0, 0.05) is 0 Å². The lowest BCUT2D eigenvalue weighted by atomic mass is 10.1. The van der Waals surface area contributed by atoms with E-state index in [2.05, 4.69) is 18.4 Å². The Morgan fingerprint density at radius 2 is 2.50 bits per heavy atom. The second kappa shape index (κ2) is 7.23. The minimum absolute atomic E-state index is 0.245. The van der Waals surface area contributed by atoms with E-state index in [4.69, 9.17) is 9.15 Å². The van der Waals surface area contributed by atoms with Crippen LogP contribution >= 0.6 is 0 Å². The van der Waals surface area contributed by atoms with Crippen LogP contribution in [0.3, 0.4) is 0 Å². The van der Waals surface area contributed by atoms with E-state index in [0.717, 1.165) is 0 Å². The third-order valence-electron chi connectivity index (χ3n) is 2.47. The standard InChI is InChI=1S/C14H17NO3/c1-4-6-10-15(14(16)17-3)12(8-5-2)13-9-7-11-18-13/h5,7,9,11-12H,2,8,10H2,1,3H3. The van der Waals surface area contributed by atoms with Crippen LogP contribution in [0.5, 0.6) is 0 Å². The van der Waals surface area contributed by atoms with Crippen molar-refractivity contribution in [2.75, 3.05) is 13.7 Å². The molecule has 1 amide bonds. The van der Waals surface area contributed by atoms with Gasteiger partial charge in [-0.1, -0.05) is 12.0 Å². The van der Waals surface area contributed by atoms with Gasteiger partial charge in [0.15, 0.2) is 0 Å². The smallest absolute Gasteiger partial charge is 0.410 e. The average molecular weight is 247 g/mol. The summed E-state index contributed by atoms with van der Waals surface area (Å²) in [4.78, 5) is 13.3. The van der Waals surface area contributed by atoms with Crippen molar-refractivity contribution in [3.8, 4) is 11.8 Å². The molecule has 1 atom stereocenters. The van der Waals surface area contributed by atoms with Crippen LogP contribution < -0.4 is 0 Å². The van der Waals surface area contributed by atoms with E-state index in [9.17, 15) is 4.79 Å². The summed E-state index contributed by atoms with van der Waals surface area (Å²) in [5.74, 6) is 6.32. The SMILES string of the molecule is C=CCC(c1ccco1)N(CC#CC)C(=O)OC. The molecular formula is C14H17NO3. The molecule has 1 unspecified atom stereocenters. The van der Waals surface area contributed by atoms with Crippen LogP contribution in [0.1, 0.15) is 25.1 Å². The summed E-state index contributed by atoms with van der Waals surface area (Å²) in [6.45, 7) is 5.72. The quantitative estimate of drug-likeness (QED) is 0.593. The Morgan fingerprint density at radius 1 is 1.72 bits per heavy atom. The van der Waals surface area contributed by atoms with Crippen molar-refractivity contribution in [3.05, 3.63) is 36.8 Å². The molecule has 0 bridgehead atoms. The molecule has 1 heterocycles. The molecule has 0 N–H and O–H groups in total. The van der Waals surface area contributed by atoms with Crippen LogP contribution in [-0.2, 0) is 4.74 Å². The van der Waals surface area contributed by atoms with Gasteiger partial charge in [-0.05, 0) is 25.5 Å². The zero-order valence-corrected chi connectivity index (χ0v) is 10.7. The van der Waals surface area contributed by atoms with Crippen molar-refractivity contribution in [2.45, 2.75) is 19.4 Å². The fraction of sp³-hybridized carbons (Fsp3) is 0.357. The number of amides is 1. The number of methoxy groups -OCH3 is 1. The van der Waals surface area contributed by atoms with Crippen LogP contribution in [0, 0.1) is 11.8 Å². The van der Waals surface area contributed by atoms with Gasteiger partial charge < -0.3 is 9.15 Å². The molecule has 0 aliphatic rings. The second-order valence-corrected chi connectivity index (χ2v) is 3.58. The molecule has 1 aromatic rings. The average Bonchev–Trinajstić information content (AvgIpc) is 2.91. The van der Waals surface area contributed by atoms with Crippen LogP contribution in [-0.4, -0.2) is 24.6 Å². The first-order chi connectivity index (χ1) is 8.74. The van der Waals surface area contributed by atoms with Crippen molar-refractivity contribution in [1.29, 1.82) is 0 Å². The molecule has 0 saturated carbocycles. The monoisotopic (exact) mass is 247 g/mol. The molecule has 0 radical (unpaired) electrons. The highest BCUT2D eigenvalue weighted by Gasteiger charge is 2.26. The Bertz CT molecular complexity index is 439. The summed E-state index contributed by atoms with van der Waals surface area (Å²) in [6.07, 6.45) is 3.46. The minimum Gasteiger partial charge on any atom is -0.467 e. The van der Waals surface area contributed by atoms with E-state index in [0.29, 0.717) is 18.7 Å². The normalized spacial score (nSPS) is 11.0. The first-order valence-electron chi connectivity index (χ1n) is 5.63. The summed E-state index contributed by atoms with van der Waals surface area (Å²) < 4.78 is 10.1. The zero-order chi connectivity index (χ0) is 13.4. The molecule has 18 heavy (non-hydrogen) atoms. The third kappa shape index (κ3) is 3.42. The van der Waals surface area contributed by atoms with Crippen LogP contribution in [0.4, 0.5) is 4.79 Å². The Labute approximate surface area is 107 Å². The molecule has 0 spiro atoms. The second-order valence-electron chi connectivity index (χ2n) is 3.58. The highest BCUT2D eigenvalue weighted by atomic mass is 16.5. The molecule has 0 aromatic carbocycles. The van der Waals surface area contributed by atoms with E-state index < -0.39 is 6.09 Å². The summed E-state index contributed by atoms with van der Waals surface area (Å²) in [5.41, 5.74) is 0. The molecular weight excluding hydrogens is 230 g/mol. The maximum atomic E-state index is 11.8. The first-order valence-corrected chi connectivity index (χ1v) is 5.63. The largest absolute Gasteiger partial charge is 0.467 e. The highest BCUT2D eigenvalue weighted by Crippen LogP contribution is 2.25. The molecule has 4 heteroatoms. The number of carbonyl (C=O) groups excluding carboxylic acids is 1. The number of hydrogen-bond donors (Lipinski definition) is 0. The van der Waals surface area contributed by atoms with Gasteiger partial charge in [-0.3, -0.25) is 4.90 Å². The molecule has 0 aliphatic carbocycles. The van der Waals surface area contributed by atoms with E-state index in [1.165, 1.54) is 12.0 Å². The van der Waals surface area contributed by atoms with Gasteiger partial charge in [0.1, 0.15) is 5.76 Å². The number of nitrogens with zero attached hydrogens (tertiary/aromatic N) is 1. The first kappa shape index (κ1) is 13.9. The Kier molecular flexibility index (Phi) is 5.59. The topological polar surface area (TPSA) is 42.7 Å². The molecule has 1 aromatic heterocycles. The van der Waals surface area contributed by atoms with E-state index >= 15 is 0 Å². The number of hydrogen-bond acceptors (Lipinski definition) is 3. The van der Waals surface area contributed by atoms with Crippen LogP contribution in [0.15, 0.2) is 35.5 Å². The molecule has 4 nitrogen and oxygen atoms in total. The molecule has 0 aliphatic heterocycles. The summed E-state index contributed by atoms with van der Waals surface area (Å²) in [7, 11) is 1.35. The number of rotatable bonds is 5. The molecule has 0 fully saturated rings. The van der Waals surface area contributed by atoms with E-state index in [1.807, 2.05) is 6.07 Å². The van der Waals surface area contributed by atoms with Crippen molar-refractivity contribution < 1.29 is 13.9 Å². The highest BCUT2D eigenvalue weighted by molar-refractivity contribution is 5.68. The van der Waals surface area contributed by atoms with Gasteiger partial charge in [0.2, 0.25) is 0 Å². The predicted octanol–water partition coefficient (Wildman–Crippen LogP) is 2.99. The zero-order valence-electron chi connectivity index (χ0n) is 10.7. The van der Waals surface area contributed by atoms with E-state index in [-0.39, 0.29) is 6.04 Å². The maximum Gasteiger partial charge on any atom is 0.410 e. The lowest BCUT2D eigenvalue weighted by Crippen LogP contribution is -2.35.